The summed E-state index contributed by atoms with van der Waals surface area (Å²) < 4.78 is 32.3. The molecule has 0 unspecified atom stereocenters. The average Bonchev–Trinajstić information content (AvgIpc) is 3.17. The number of nitrogens with one attached hydrogen (secondary N) is 1. The Labute approximate surface area is 147 Å². The van der Waals surface area contributed by atoms with Crippen LogP contribution in [0.1, 0.15) is 48.3 Å². The van der Waals surface area contributed by atoms with E-state index in [1.165, 1.54) is 16.4 Å². The van der Waals surface area contributed by atoms with Gasteiger partial charge in [-0.2, -0.15) is 4.31 Å². The average molecular weight is 362 g/mol. The van der Waals surface area contributed by atoms with E-state index in [-0.39, 0.29) is 16.8 Å². The molecular formula is C18H22N2O4S. The second kappa shape index (κ2) is 7.41. The number of benzene rings is 1. The molecule has 2 aromatic rings. The molecule has 0 aliphatic carbocycles. The number of hydrogen-bond donors (Lipinski definition) is 1. The molecule has 1 amide bonds. The summed E-state index contributed by atoms with van der Waals surface area (Å²) in [7, 11) is -3.55. The fourth-order valence-electron chi connectivity index (χ4n) is 2.94. The fourth-order valence-corrected chi connectivity index (χ4v) is 4.50. The van der Waals surface area contributed by atoms with Crippen LogP contribution in [0.4, 0.5) is 0 Å². The Morgan fingerprint density at radius 1 is 1.16 bits per heavy atom. The maximum absolute atomic E-state index is 12.8. The van der Waals surface area contributed by atoms with E-state index in [1.54, 1.807) is 30.5 Å². The second-order valence-electron chi connectivity index (χ2n) is 6.20. The number of hydrogen-bond acceptors (Lipinski definition) is 4. The van der Waals surface area contributed by atoms with Crippen molar-refractivity contribution in [3.63, 3.8) is 0 Å². The first-order valence-electron chi connectivity index (χ1n) is 8.43. The quantitative estimate of drug-likeness (QED) is 0.887. The number of rotatable bonds is 5. The molecule has 3 rings (SSSR count). The van der Waals surface area contributed by atoms with Crippen molar-refractivity contribution in [1.29, 1.82) is 0 Å². The standard InChI is InChI=1S/C18H22N2O4S/c1-14(17-9-6-12-24-17)19-18(21)15-7-5-8-16(13-15)25(22,23)20-10-3-2-4-11-20/h5-9,12-14H,2-4,10-11H2,1H3,(H,19,21)/t14-/m0/s1. The van der Waals surface area contributed by atoms with E-state index in [4.69, 9.17) is 4.42 Å². The Morgan fingerprint density at radius 2 is 1.92 bits per heavy atom. The summed E-state index contributed by atoms with van der Waals surface area (Å²) >= 11 is 0. The molecule has 7 heteroatoms. The van der Waals surface area contributed by atoms with Crippen molar-refractivity contribution in [2.75, 3.05) is 13.1 Å². The molecule has 1 fully saturated rings. The lowest BCUT2D eigenvalue weighted by Gasteiger charge is -2.26. The predicted octanol–water partition coefficient (Wildman–Crippen LogP) is 2.95. The minimum Gasteiger partial charge on any atom is -0.467 e. The number of piperidine rings is 1. The molecule has 1 atom stereocenters. The van der Waals surface area contributed by atoms with Crippen LogP contribution in [0.25, 0.3) is 0 Å². The van der Waals surface area contributed by atoms with Crippen LogP contribution in [0.2, 0.25) is 0 Å². The molecule has 0 saturated carbocycles. The highest BCUT2D eigenvalue weighted by molar-refractivity contribution is 7.89. The summed E-state index contributed by atoms with van der Waals surface area (Å²) in [6.07, 6.45) is 4.35. The largest absolute Gasteiger partial charge is 0.467 e. The van der Waals surface area contributed by atoms with Gasteiger partial charge in [-0.05, 0) is 50.1 Å². The summed E-state index contributed by atoms with van der Waals surface area (Å²) in [5.41, 5.74) is 0.316. The molecule has 6 nitrogen and oxygen atoms in total. The number of carbonyl (C=O) groups is 1. The van der Waals surface area contributed by atoms with Gasteiger partial charge < -0.3 is 9.73 Å². The first kappa shape index (κ1) is 17.7. The highest BCUT2D eigenvalue weighted by Gasteiger charge is 2.26. The third kappa shape index (κ3) is 3.93. The van der Waals surface area contributed by atoms with Crippen LogP contribution in [0.15, 0.2) is 52.0 Å². The molecule has 0 spiro atoms. The third-order valence-corrected chi connectivity index (χ3v) is 6.26. The van der Waals surface area contributed by atoms with E-state index in [1.807, 2.05) is 6.92 Å². The van der Waals surface area contributed by atoms with Crippen LogP contribution in [0.5, 0.6) is 0 Å². The van der Waals surface area contributed by atoms with Gasteiger partial charge in [0.05, 0.1) is 17.2 Å². The monoisotopic (exact) mass is 362 g/mol. The SMILES string of the molecule is C[C@H](NC(=O)c1cccc(S(=O)(=O)N2CCCCC2)c1)c1ccco1. The number of amides is 1. The van der Waals surface area contributed by atoms with Crippen molar-refractivity contribution in [3.8, 4) is 0 Å². The van der Waals surface area contributed by atoms with E-state index in [9.17, 15) is 13.2 Å². The molecule has 1 aromatic carbocycles. The van der Waals surface area contributed by atoms with Crippen molar-refractivity contribution < 1.29 is 17.6 Å². The minimum atomic E-state index is -3.55. The molecule has 1 aliphatic heterocycles. The molecular weight excluding hydrogens is 340 g/mol. The van der Waals surface area contributed by atoms with Crippen LogP contribution >= 0.6 is 0 Å². The highest BCUT2D eigenvalue weighted by atomic mass is 32.2. The Balaban J connectivity index is 1.77. The van der Waals surface area contributed by atoms with Gasteiger partial charge in [-0.25, -0.2) is 8.42 Å². The van der Waals surface area contributed by atoms with Gasteiger partial charge in [0.25, 0.3) is 5.91 Å². The smallest absolute Gasteiger partial charge is 0.251 e. The van der Waals surface area contributed by atoms with E-state index in [2.05, 4.69) is 5.32 Å². The Morgan fingerprint density at radius 3 is 2.60 bits per heavy atom. The maximum atomic E-state index is 12.8. The topological polar surface area (TPSA) is 79.6 Å². The van der Waals surface area contributed by atoms with Crippen LogP contribution in [-0.4, -0.2) is 31.7 Å². The van der Waals surface area contributed by atoms with Gasteiger partial charge in [-0.1, -0.05) is 12.5 Å². The fraction of sp³-hybridized carbons (Fsp3) is 0.389. The number of nitrogens with zero attached hydrogens (tertiary/aromatic N) is 1. The van der Waals surface area contributed by atoms with Gasteiger partial charge in [0.1, 0.15) is 5.76 Å². The van der Waals surface area contributed by atoms with Gasteiger partial charge in [-0.3, -0.25) is 4.79 Å². The van der Waals surface area contributed by atoms with Gasteiger partial charge in [0.2, 0.25) is 10.0 Å². The normalized spacial score (nSPS) is 17.2. The predicted molar refractivity (Wildman–Crippen MR) is 93.6 cm³/mol. The minimum absolute atomic E-state index is 0.160. The maximum Gasteiger partial charge on any atom is 0.251 e. The van der Waals surface area contributed by atoms with Crippen LogP contribution in [0, 0.1) is 0 Å². The molecule has 1 aromatic heterocycles. The highest BCUT2D eigenvalue weighted by Crippen LogP contribution is 2.22. The van der Waals surface area contributed by atoms with Crippen LogP contribution in [-0.2, 0) is 10.0 Å². The third-order valence-electron chi connectivity index (χ3n) is 4.37. The van der Waals surface area contributed by atoms with E-state index in [0.717, 1.165) is 19.3 Å². The Kier molecular flexibility index (Phi) is 5.24. The van der Waals surface area contributed by atoms with E-state index >= 15 is 0 Å². The molecule has 1 N–H and O–H groups in total. The summed E-state index contributed by atoms with van der Waals surface area (Å²) in [6, 6.07) is 9.42. The summed E-state index contributed by atoms with van der Waals surface area (Å²) in [6.45, 7) is 2.88. The van der Waals surface area contributed by atoms with Gasteiger partial charge >= 0.3 is 0 Å². The number of carbonyl (C=O) groups excluding carboxylic acids is 1. The first-order chi connectivity index (χ1) is 12.0. The zero-order chi connectivity index (χ0) is 17.9. The van der Waals surface area contributed by atoms with E-state index in [0.29, 0.717) is 24.4 Å². The molecule has 134 valence electrons. The molecule has 0 radical (unpaired) electrons. The summed E-state index contributed by atoms with van der Waals surface area (Å²) in [5, 5.41) is 2.82. The summed E-state index contributed by atoms with van der Waals surface area (Å²) in [4.78, 5) is 12.6. The zero-order valence-corrected chi connectivity index (χ0v) is 15.0. The second-order valence-corrected chi connectivity index (χ2v) is 8.14. The Bertz CT molecular complexity index is 825. The zero-order valence-electron chi connectivity index (χ0n) is 14.1. The van der Waals surface area contributed by atoms with Crippen molar-refractivity contribution in [3.05, 3.63) is 54.0 Å². The van der Waals surface area contributed by atoms with Gasteiger partial charge in [0, 0.05) is 18.7 Å². The molecule has 1 saturated heterocycles. The molecule has 1 aliphatic rings. The number of sulfonamides is 1. The van der Waals surface area contributed by atoms with Crippen molar-refractivity contribution in [2.45, 2.75) is 37.1 Å². The molecule has 2 heterocycles. The lowest BCUT2D eigenvalue weighted by Crippen LogP contribution is -2.35. The summed E-state index contributed by atoms with van der Waals surface area (Å²) in [5.74, 6) is 0.310. The lowest BCUT2D eigenvalue weighted by molar-refractivity contribution is 0.0935. The van der Waals surface area contributed by atoms with Gasteiger partial charge in [-0.15, -0.1) is 0 Å². The van der Waals surface area contributed by atoms with Crippen molar-refractivity contribution in [2.24, 2.45) is 0 Å². The number of furan rings is 1. The van der Waals surface area contributed by atoms with Gasteiger partial charge in [0.15, 0.2) is 0 Å². The van der Waals surface area contributed by atoms with Crippen LogP contribution < -0.4 is 5.32 Å². The van der Waals surface area contributed by atoms with Crippen molar-refractivity contribution >= 4 is 15.9 Å². The molecule has 25 heavy (non-hydrogen) atoms. The lowest BCUT2D eigenvalue weighted by atomic mass is 10.2. The van der Waals surface area contributed by atoms with Crippen LogP contribution in [0.3, 0.4) is 0 Å². The molecule has 0 bridgehead atoms. The first-order valence-corrected chi connectivity index (χ1v) is 9.87. The van der Waals surface area contributed by atoms with E-state index < -0.39 is 10.0 Å². The van der Waals surface area contributed by atoms with Crippen molar-refractivity contribution in [1.82, 2.24) is 9.62 Å². The Hall–Kier alpha value is -2.12.